The molecule has 0 radical (unpaired) electrons. The first kappa shape index (κ1) is 23.2. The molecular weight excluding hydrogens is 458 g/mol. The maximum Gasteiger partial charge on any atom is 0.419 e. The molecule has 3 N–H and O–H groups in total. The lowest BCUT2D eigenvalue weighted by atomic mass is 10.1. The van der Waals surface area contributed by atoms with E-state index in [1.807, 2.05) is 6.92 Å². The smallest absolute Gasteiger partial charge is 0.419 e. The number of anilines is 3. The van der Waals surface area contributed by atoms with Gasteiger partial charge >= 0.3 is 12.2 Å². The highest BCUT2D eigenvalue weighted by atomic mass is 19.4. The number of aliphatic hydroxyl groups excluding tert-OH is 1. The number of aromatic nitrogens is 2. The van der Waals surface area contributed by atoms with Gasteiger partial charge in [0, 0.05) is 23.6 Å². The first-order chi connectivity index (χ1) is 16.1. The number of β-amino-alcohol motifs (C(OH)–C–C–N with tert-alkyl or cyclic N) is 1. The molecule has 0 bridgehead atoms. The van der Waals surface area contributed by atoms with E-state index >= 15 is 0 Å². The first-order valence-electron chi connectivity index (χ1n) is 10.1. The third-order valence-electron chi connectivity index (χ3n) is 5.21. The summed E-state index contributed by atoms with van der Waals surface area (Å²) in [6, 6.07) is 7.73. The largest absolute Gasteiger partial charge is 0.439 e. The van der Waals surface area contributed by atoms with Gasteiger partial charge in [0.2, 0.25) is 11.8 Å². The number of nitrogen functional groups attached to an aromatic ring is 1. The van der Waals surface area contributed by atoms with Crippen molar-refractivity contribution in [3.05, 3.63) is 65.6 Å². The van der Waals surface area contributed by atoms with Crippen molar-refractivity contribution in [3.63, 3.8) is 0 Å². The summed E-state index contributed by atoms with van der Waals surface area (Å²) in [7, 11) is 0. The lowest BCUT2D eigenvalue weighted by Crippen LogP contribution is -2.35. The van der Waals surface area contributed by atoms with Gasteiger partial charge in [-0.15, -0.1) is 0 Å². The molecule has 2 amide bonds. The molecule has 0 aliphatic carbocycles. The SMILES string of the molecule is CCc1cc(N2C(=O)N(c3ccc(F)c(C(F)(F)F)c3)CC2O)ccc1Oc1ccnc(N)n1. The number of rotatable bonds is 5. The van der Waals surface area contributed by atoms with E-state index in [1.165, 1.54) is 18.3 Å². The second-order valence-corrected chi connectivity index (χ2v) is 7.41. The molecule has 3 aromatic rings. The van der Waals surface area contributed by atoms with Crippen molar-refractivity contribution in [1.82, 2.24) is 9.97 Å². The normalized spacial score (nSPS) is 16.3. The zero-order valence-corrected chi connectivity index (χ0v) is 17.8. The molecule has 1 aromatic heterocycles. The van der Waals surface area contributed by atoms with Crippen LogP contribution in [0.15, 0.2) is 48.7 Å². The zero-order chi connectivity index (χ0) is 24.6. The molecule has 178 valence electrons. The maximum absolute atomic E-state index is 13.7. The minimum Gasteiger partial charge on any atom is -0.439 e. The molecule has 1 unspecified atom stereocenters. The van der Waals surface area contributed by atoms with Crippen LogP contribution >= 0.6 is 0 Å². The molecule has 1 saturated heterocycles. The van der Waals surface area contributed by atoms with Crippen molar-refractivity contribution >= 4 is 23.4 Å². The van der Waals surface area contributed by atoms with Gasteiger partial charge in [0.1, 0.15) is 11.6 Å². The van der Waals surface area contributed by atoms with Crippen LogP contribution in [0.3, 0.4) is 0 Å². The zero-order valence-electron chi connectivity index (χ0n) is 17.8. The molecule has 1 aliphatic rings. The maximum atomic E-state index is 13.7. The summed E-state index contributed by atoms with van der Waals surface area (Å²) in [5.41, 5.74) is 4.87. The number of benzene rings is 2. The third kappa shape index (κ3) is 4.44. The fourth-order valence-electron chi connectivity index (χ4n) is 3.59. The van der Waals surface area contributed by atoms with Gasteiger partial charge in [-0.25, -0.2) is 14.2 Å². The predicted molar refractivity (Wildman–Crippen MR) is 115 cm³/mol. The van der Waals surface area contributed by atoms with Gasteiger partial charge in [-0.05, 0) is 48.4 Å². The van der Waals surface area contributed by atoms with E-state index in [0.29, 0.717) is 35.6 Å². The van der Waals surface area contributed by atoms with Crippen molar-refractivity contribution in [2.24, 2.45) is 0 Å². The van der Waals surface area contributed by atoms with Crippen LogP contribution in [-0.4, -0.2) is 33.9 Å². The number of halogens is 4. The number of urea groups is 1. The number of carbonyl (C=O) groups excluding carboxylic acids is 1. The number of hydrogen-bond donors (Lipinski definition) is 2. The lowest BCUT2D eigenvalue weighted by molar-refractivity contribution is -0.139. The van der Waals surface area contributed by atoms with Crippen LogP contribution in [0.25, 0.3) is 0 Å². The van der Waals surface area contributed by atoms with Crippen molar-refractivity contribution < 1.29 is 32.2 Å². The van der Waals surface area contributed by atoms with Crippen LogP contribution in [0.5, 0.6) is 11.6 Å². The summed E-state index contributed by atoms with van der Waals surface area (Å²) >= 11 is 0. The summed E-state index contributed by atoms with van der Waals surface area (Å²) < 4.78 is 58.7. The Morgan fingerprint density at radius 3 is 2.59 bits per heavy atom. The summed E-state index contributed by atoms with van der Waals surface area (Å²) in [4.78, 5) is 22.8. The number of amides is 2. The molecule has 12 heteroatoms. The number of nitrogens with zero attached hydrogens (tertiary/aromatic N) is 4. The summed E-state index contributed by atoms with van der Waals surface area (Å²) in [6.07, 6.45) is -4.34. The van der Waals surface area contributed by atoms with E-state index < -0.39 is 29.8 Å². The number of alkyl halides is 3. The molecule has 1 atom stereocenters. The average Bonchev–Trinajstić information content (AvgIpc) is 3.07. The monoisotopic (exact) mass is 477 g/mol. The van der Waals surface area contributed by atoms with Gasteiger partial charge in [-0.2, -0.15) is 18.2 Å². The van der Waals surface area contributed by atoms with Gasteiger partial charge in [-0.1, -0.05) is 6.92 Å². The van der Waals surface area contributed by atoms with Crippen LogP contribution in [0.1, 0.15) is 18.1 Å². The van der Waals surface area contributed by atoms with Crippen LogP contribution in [-0.2, 0) is 12.6 Å². The van der Waals surface area contributed by atoms with Gasteiger partial charge in [0.25, 0.3) is 0 Å². The van der Waals surface area contributed by atoms with Crippen LogP contribution in [0, 0.1) is 5.82 Å². The Morgan fingerprint density at radius 2 is 1.91 bits per heavy atom. The summed E-state index contributed by atoms with van der Waals surface area (Å²) in [6.45, 7) is 1.55. The highest BCUT2D eigenvalue weighted by Gasteiger charge is 2.40. The second kappa shape index (κ2) is 8.78. The molecule has 1 fully saturated rings. The Labute approximate surface area is 191 Å². The highest BCUT2D eigenvalue weighted by molar-refractivity contribution is 6.06. The quantitative estimate of drug-likeness (QED) is 0.530. The molecule has 2 heterocycles. The third-order valence-corrected chi connectivity index (χ3v) is 5.21. The number of aryl methyl sites for hydroxylation is 1. The summed E-state index contributed by atoms with van der Waals surface area (Å²) in [5, 5.41) is 10.5. The Bertz CT molecular complexity index is 1240. The standard InChI is InChI=1S/C22H19F4N5O3/c1-2-12-9-14(4-6-17(12)34-18-7-8-28-20(27)29-18)31-19(32)11-30(21(31)33)13-3-5-16(23)15(10-13)22(24,25)26/h3-10,19,32H,2,11H2,1H3,(H2,27,28,29). The minimum absolute atomic E-state index is 0.0347. The van der Waals surface area contributed by atoms with E-state index in [1.54, 1.807) is 12.1 Å². The van der Waals surface area contributed by atoms with Gasteiger partial charge < -0.3 is 15.6 Å². The van der Waals surface area contributed by atoms with E-state index in [-0.39, 0.29) is 24.1 Å². The second-order valence-electron chi connectivity index (χ2n) is 7.41. The molecule has 34 heavy (non-hydrogen) atoms. The average molecular weight is 477 g/mol. The molecule has 8 nitrogen and oxygen atoms in total. The number of carbonyl (C=O) groups is 1. The fraction of sp³-hybridized carbons (Fsp3) is 0.227. The van der Waals surface area contributed by atoms with Crippen LogP contribution in [0.4, 0.5) is 39.7 Å². The first-order valence-corrected chi connectivity index (χ1v) is 10.1. The Hall–Kier alpha value is -3.93. The highest BCUT2D eigenvalue weighted by Crippen LogP contribution is 2.37. The number of aliphatic hydroxyl groups is 1. The van der Waals surface area contributed by atoms with E-state index in [4.69, 9.17) is 10.5 Å². The molecule has 0 spiro atoms. The van der Waals surface area contributed by atoms with Crippen molar-refractivity contribution in [2.45, 2.75) is 25.7 Å². The predicted octanol–water partition coefficient (Wildman–Crippen LogP) is 4.34. The van der Waals surface area contributed by atoms with Gasteiger partial charge in [-0.3, -0.25) is 9.80 Å². The Balaban J connectivity index is 1.62. The topological polar surface area (TPSA) is 105 Å². The molecule has 2 aromatic carbocycles. The van der Waals surface area contributed by atoms with E-state index in [0.717, 1.165) is 15.9 Å². The van der Waals surface area contributed by atoms with Crippen molar-refractivity contribution in [2.75, 3.05) is 22.1 Å². The fourth-order valence-corrected chi connectivity index (χ4v) is 3.59. The van der Waals surface area contributed by atoms with E-state index in [2.05, 4.69) is 9.97 Å². The molecular formula is C22H19F4N5O3. The van der Waals surface area contributed by atoms with Crippen LogP contribution < -0.4 is 20.3 Å². The Kier molecular flexibility index (Phi) is 6.00. The molecule has 1 aliphatic heterocycles. The van der Waals surface area contributed by atoms with Crippen molar-refractivity contribution in [3.8, 4) is 11.6 Å². The lowest BCUT2D eigenvalue weighted by Gasteiger charge is -2.22. The van der Waals surface area contributed by atoms with Crippen LogP contribution in [0.2, 0.25) is 0 Å². The Morgan fingerprint density at radius 1 is 1.18 bits per heavy atom. The number of nitrogens with two attached hydrogens (primary N) is 1. The van der Waals surface area contributed by atoms with Crippen molar-refractivity contribution in [1.29, 1.82) is 0 Å². The molecule has 4 rings (SSSR count). The van der Waals surface area contributed by atoms with Gasteiger partial charge in [0.05, 0.1) is 12.1 Å². The summed E-state index contributed by atoms with van der Waals surface area (Å²) in [5.74, 6) is -0.757. The number of hydrogen-bond acceptors (Lipinski definition) is 6. The van der Waals surface area contributed by atoms with Gasteiger partial charge in [0.15, 0.2) is 6.23 Å². The minimum atomic E-state index is -4.93. The molecule has 0 saturated carbocycles. The van der Waals surface area contributed by atoms with E-state index in [9.17, 15) is 27.5 Å². The number of ether oxygens (including phenoxy) is 1.